The lowest BCUT2D eigenvalue weighted by Crippen LogP contribution is -2.07. The molecule has 0 aromatic heterocycles. The fourth-order valence-corrected chi connectivity index (χ4v) is 2.85. The summed E-state index contributed by atoms with van der Waals surface area (Å²) < 4.78 is 5.14. The largest absolute Gasteiger partial charge is 0.461 e. The van der Waals surface area contributed by atoms with Crippen molar-refractivity contribution in [1.29, 1.82) is 0 Å². The van der Waals surface area contributed by atoms with Gasteiger partial charge in [-0.15, -0.1) is 0 Å². The summed E-state index contributed by atoms with van der Waals surface area (Å²) in [7, 11) is 0. The van der Waals surface area contributed by atoms with E-state index in [2.05, 4.69) is 11.1 Å². The van der Waals surface area contributed by atoms with Crippen LogP contribution < -0.4 is 0 Å². The third-order valence-corrected chi connectivity index (χ3v) is 4.30. The standard InChI is InChI=1S/C23H20N2O4/c1-2-29-23(26)22(24-16-18-10-12-21(13-11-18)25(27)28)15-20-9-5-7-17-6-3-4-8-19(20)14-17/h3-13,15-16H,2,14H2,1H3/b22-15-,24-16?. The van der Waals surface area contributed by atoms with Gasteiger partial charge in [-0.2, -0.15) is 0 Å². The molecule has 2 aliphatic carbocycles. The average Bonchev–Trinajstić information content (AvgIpc) is 3.06. The van der Waals surface area contributed by atoms with Crippen LogP contribution in [0.1, 0.15) is 18.9 Å². The second-order valence-electron chi connectivity index (χ2n) is 6.33. The normalized spacial score (nSPS) is 15.9. The molecule has 6 nitrogen and oxygen atoms in total. The number of carbonyl (C=O) groups excluding carboxylic acids is 1. The van der Waals surface area contributed by atoms with Crippen molar-refractivity contribution in [3.05, 3.63) is 111 Å². The van der Waals surface area contributed by atoms with Crippen molar-refractivity contribution in [3.8, 4) is 0 Å². The van der Waals surface area contributed by atoms with Gasteiger partial charge in [0.15, 0.2) is 0 Å². The van der Waals surface area contributed by atoms with Crippen LogP contribution in [0.5, 0.6) is 0 Å². The number of non-ortho nitro benzene ring substituents is 1. The minimum absolute atomic E-state index is 0.00378. The van der Waals surface area contributed by atoms with Gasteiger partial charge in [0.2, 0.25) is 0 Å². The molecule has 1 aromatic rings. The lowest BCUT2D eigenvalue weighted by molar-refractivity contribution is -0.384. The molecule has 0 saturated carbocycles. The summed E-state index contributed by atoms with van der Waals surface area (Å²) in [6, 6.07) is 5.94. The third kappa shape index (κ3) is 5.35. The number of aliphatic imine (C=N–C) groups is 1. The molecule has 2 aliphatic rings. The van der Waals surface area contributed by atoms with E-state index in [-0.39, 0.29) is 18.0 Å². The molecule has 3 rings (SSSR count). The molecule has 0 N–H and O–H groups in total. The lowest BCUT2D eigenvalue weighted by Gasteiger charge is -2.08. The number of esters is 1. The fraction of sp³-hybridized carbons (Fsp3) is 0.130. The molecule has 146 valence electrons. The van der Waals surface area contributed by atoms with Gasteiger partial charge in [0, 0.05) is 18.3 Å². The number of nitrogens with zero attached hydrogens (tertiary/aromatic N) is 2. The molecule has 0 unspecified atom stereocenters. The molecule has 0 radical (unpaired) electrons. The second-order valence-corrected chi connectivity index (χ2v) is 6.33. The molecule has 0 atom stereocenters. The maximum absolute atomic E-state index is 12.4. The Morgan fingerprint density at radius 2 is 1.93 bits per heavy atom. The summed E-state index contributed by atoms with van der Waals surface area (Å²) in [6.07, 6.45) is 17.9. The number of benzene rings is 1. The first-order valence-corrected chi connectivity index (χ1v) is 9.19. The summed E-state index contributed by atoms with van der Waals surface area (Å²) in [5.74, 6) is -0.527. The number of rotatable bonds is 6. The number of nitro groups is 1. The molecule has 1 aromatic carbocycles. The zero-order valence-electron chi connectivity index (χ0n) is 15.9. The SMILES string of the molecule is CCOC(=O)/C(=C/C1=CC=CC2=CC=CC=C1C2)N=Cc1ccc([N+](=O)[O-])cc1. The first kappa shape index (κ1) is 19.9. The Balaban J connectivity index is 1.91. The fourth-order valence-electron chi connectivity index (χ4n) is 2.85. The molecule has 29 heavy (non-hydrogen) atoms. The van der Waals surface area contributed by atoms with Gasteiger partial charge in [0.05, 0.1) is 11.5 Å². The van der Waals surface area contributed by atoms with E-state index >= 15 is 0 Å². The highest BCUT2D eigenvalue weighted by atomic mass is 16.6. The number of fused-ring (bicyclic) bond motifs is 2. The van der Waals surface area contributed by atoms with Crippen molar-refractivity contribution in [2.45, 2.75) is 13.3 Å². The Bertz CT molecular complexity index is 1020. The number of hydrogen-bond donors (Lipinski definition) is 0. The molecular formula is C23H20N2O4. The van der Waals surface area contributed by atoms with E-state index in [0.717, 1.165) is 17.6 Å². The number of carbonyl (C=O) groups is 1. The van der Waals surface area contributed by atoms with E-state index in [1.165, 1.54) is 23.9 Å². The van der Waals surface area contributed by atoms with Crippen molar-refractivity contribution in [2.24, 2.45) is 4.99 Å². The van der Waals surface area contributed by atoms with Crippen LogP contribution in [0, 0.1) is 10.1 Å². The number of nitro benzene ring substituents is 1. The van der Waals surface area contributed by atoms with Crippen molar-refractivity contribution in [2.75, 3.05) is 6.61 Å². The van der Waals surface area contributed by atoms with Crippen LogP contribution in [0.4, 0.5) is 5.69 Å². The minimum atomic E-state index is -0.527. The van der Waals surface area contributed by atoms with E-state index in [9.17, 15) is 14.9 Å². The van der Waals surface area contributed by atoms with Crippen molar-refractivity contribution >= 4 is 17.9 Å². The molecule has 0 aliphatic heterocycles. The maximum atomic E-state index is 12.4. The summed E-state index contributed by atoms with van der Waals surface area (Å²) in [5, 5.41) is 10.8. The van der Waals surface area contributed by atoms with E-state index in [4.69, 9.17) is 4.74 Å². The Hall–Kier alpha value is -3.80. The minimum Gasteiger partial charge on any atom is -0.461 e. The second kappa shape index (κ2) is 9.41. The van der Waals surface area contributed by atoms with Crippen molar-refractivity contribution < 1.29 is 14.5 Å². The van der Waals surface area contributed by atoms with Crippen molar-refractivity contribution in [1.82, 2.24) is 0 Å². The summed E-state index contributed by atoms with van der Waals surface area (Å²) in [5.41, 5.74) is 3.92. The van der Waals surface area contributed by atoms with Crippen LogP contribution >= 0.6 is 0 Å². The van der Waals surface area contributed by atoms with E-state index in [1.807, 2.05) is 36.5 Å². The van der Waals surface area contributed by atoms with Gasteiger partial charge < -0.3 is 4.74 Å². The highest BCUT2D eigenvalue weighted by Gasteiger charge is 2.14. The molecule has 0 heterocycles. The summed E-state index contributed by atoms with van der Waals surface area (Å²) in [6.45, 7) is 1.97. The van der Waals surface area contributed by atoms with Crippen LogP contribution in [-0.2, 0) is 9.53 Å². The van der Waals surface area contributed by atoms with E-state index in [0.29, 0.717) is 5.56 Å². The Morgan fingerprint density at radius 1 is 1.17 bits per heavy atom. The Morgan fingerprint density at radius 3 is 2.66 bits per heavy atom. The summed E-state index contributed by atoms with van der Waals surface area (Å²) in [4.78, 5) is 27.0. The van der Waals surface area contributed by atoms with Gasteiger partial charge in [0.1, 0.15) is 5.70 Å². The topological polar surface area (TPSA) is 81.8 Å². The average molecular weight is 388 g/mol. The van der Waals surface area contributed by atoms with Crippen LogP contribution in [0.3, 0.4) is 0 Å². The quantitative estimate of drug-likeness (QED) is 0.231. The van der Waals surface area contributed by atoms with Gasteiger partial charge in [-0.3, -0.25) is 10.1 Å². The van der Waals surface area contributed by atoms with Gasteiger partial charge in [0.25, 0.3) is 5.69 Å². The maximum Gasteiger partial charge on any atom is 0.356 e. The molecular weight excluding hydrogens is 368 g/mol. The molecule has 0 fully saturated rings. The number of ether oxygens (including phenoxy) is 1. The Kier molecular flexibility index (Phi) is 6.47. The third-order valence-electron chi connectivity index (χ3n) is 4.30. The molecule has 2 bridgehead atoms. The van der Waals surface area contributed by atoms with Gasteiger partial charge >= 0.3 is 5.97 Å². The molecule has 0 saturated heterocycles. The predicted octanol–water partition coefficient (Wildman–Crippen LogP) is 4.77. The number of allylic oxidation sites excluding steroid dienone is 11. The monoisotopic (exact) mass is 388 g/mol. The summed E-state index contributed by atoms with van der Waals surface area (Å²) >= 11 is 0. The first-order valence-electron chi connectivity index (χ1n) is 9.19. The highest BCUT2D eigenvalue weighted by Crippen LogP contribution is 2.27. The van der Waals surface area contributed by atoms with Crippen LogP contribution in [0.15, 0.2) is 100 Å². The Labute approximate surface area is 168 Å². The van der Waals surface area contributed by atoms with Crippen molar-refractivity contribution in [3.63, 3.8) is 0 Å². The first-order chi connectivity index (χ1) is 14.1. The van der Waals surface area contributed by atoms with Gasteiger partial charge in [-0.25, -0.2) is 9.79 Å². The molecule has 6 heteroatoms. The lowest BCUT2D eigenvalue weighted by atomic mass is 9.99. The van der Waals surface area contributed by atoms with Crippen LogP contribution in [0.25, 0.3) is 0 Å². The highest BCUT2D eigenvalue weighted by molar-refractivity contribution is 5.93. The number of hydrogen-bond acceptors (Lipinski definition) is 5. The smallest absolute Gasteiger partial charge is 0.356 e. The van der Waals surface area contributed by atoms with E-state index in [1.54, 1.807) is 25.1 Å². The zero-order chi connectivity index (χ0) is 20.6. The van der Waals surface area contributed by atoms with Crippen LogP contribution in [-0.4, -0.2) is 23.7 Å². The molecule has 0 spiro atoms. The van der Waals surface area contributed by atoms with Gasteiger partial charge in [-0.1, -0.05) is 42.5 Å². The predicted molar refractivity (Wildman–Crippen MR) is 113 cm³/mol. The van der Waals surface area contributed by atoms with E-state index < -0.39 is 10.9 Å². The zero-order valence-corrected chi connectivity index (χ0v) is 15.9. The molecule has 0 amide bonds. The van der Waals surface area contributed by atoms with Crippen LogP contribution in [0.2, 0.25) is 0 Å². The van der Waals surface area contributed by atoms with Gasteiger partial charge in [-0.05, 0) is 53.8 Å².